The maximum Gasteiger partial charge on any atom is 0.228 e. The minimum atomic E-state index is 0.179. The minimum absolute atomic E-state index is 0.179. The lowest BCUT2D eigenvalue weighted by Gasteiger charge is -2.28. The van der Waals surface area contributed by atoms with E-state index >= 15 is 0 Å². The highest BCUT2D eigenvalue weighted by molar-refractivity contribution is 5.33. The van der Waals surface area contributed by atoms with Crippen molar-refractivity contribution in [1.82, 2.24) is 15.3 Å². The molecule has 1 aromatic heterocycles. The Kier molecular flexibility index (Phi) is 5.55. The van der Waals surface area contributed by atoms with Crippen molar-refractivity contribution in [2.75, 3.05) is 44.8 Å². The Morgan fingerprint density at radius 2 is 2.35 bits per heavy atom. The molecule has 0 aromatic carbocycles. The third kappa shape index (κ3) is 4.31. The van der Waals surface area contributed by atoms with Crippen LogP contribution >= 0.6 is 0 Å². The van der Waals surface area contributed by atoms with Crippen LogP contribution in [0.4, 0.5) is 5.95 Å². The van der Waals surface area contributed by atoms with Gasteiger partial charge in [0.1, 0.15) is 0 Å². The number of ether oxygens (including phenoxy) is 2. The van der Waals surface area contributed by atoms with Crippen molar-refractivity contribution in [2.45, 2.75) is 26.4 Å². The van der Waals surface area contributed by atoms with Crippen molar-refractivity contribution in [2.24, 2.45) is 0 Å². The number of likely N-dealkylation sites (N-methyl/N-ethyl adjacent to an activating group) is 1. The summed E-state index contributed by atoms with van der Waals surface area (Å²) < 4.78 is 11.3. The maximum atomic E-state index is 5.70. The summed E-state index contributed by atoms with van der Waals surface area (Å²) in [5, 5.41) is 3.33. The monoisotopic (exact) mass is 280 g/mol. The normalized spacial score (nSPS) is 18.9. The molecule has 0 spiro atoms. The fourth-order valence-corrected chi connectivity index (χ4v) is 2.10. The topological polar surface area (TPSA) is 59.5 Å². The molecule has 112 valence electrons. The molecule has 2 heterocycles. The van der Waals surface area contributed by atoms with Gasteiger partial charge in [-0.3, -0.25) is 0 Å². The highest BCUT2D eigenvalue weighted by Gasteiger charge is 2.17. The predicted octanol–water partition coefficient (Wildman–Crippen LogP) is 0.998. The lowest BCUT2D eigenvalue weighted by Crippen LogP contribution is -2.44. The largest absolute Gasteiger partial charge is 0.478 e. The summed E-state index contributed by atoms with van der Waals surface area (Å²) in [6, 6.07) is 1.87. The quantitative estimate of drug-likeness (QED) is 0.839. The van der Waals surface area contributed by atoms with E-state index in [1.165, 1.54) is 0 Å². The van der Waals surface area contributed by atoms with Crippen LogP contribution in [-0.4, -0.2) is 56.0 Å². The van der Waals surface area contributed by atoms with Crippen molar-refractivity contribution < 1.29 is 9.47 Å². The number of hydrogen-bond donors (Lipinski definition) is 1. The van der Waals surface area contributed by atoms with Crippen LogP contribution in [0.15, 0.2) is 6.07 Å². The van der Waals surface area contributed by atoms with Gasteiger partial charge in [-0.25, -0.2) is 4.98 Å². The summed E-state index contributed by atoms with van der Waals surface area (Å²) in [6.45, 7) is 8.04. The van der Waals surface area contributed by atoms with Crippen LogP contribution in [0.2, 0.25) is 0 Å². The number of rotatable bonds is 6. The molecular weight excluding hydrogens is 256 g/mol. The van der Waals surface area contributed by atoms with Gasteiger partial charge in [0, 0.05) is 38.4 Å². The van der Waals surface area contributed by atoms with Gasteiger partial charge in [-0.1, -0.05) is 6.92 Å². The van der Waals surface area contributed by atoms with Gasteiger partial charge < -0.3 is 19.7 Å². The highest BCUT2D eigenvalue weighted by Crippen LogP contribution is 2.15. The van der Waals surface area contributed by atoms with Gasteiger partial charge in [-0.2, -0.15) is 4.98 Å². The predicted molar refractivity (Wildman–Crippen MR) is 78.4 cm³/mol. The third-order valence-corrected chi connectivity index (χ3v) is 3.10. The van der Waals surface area contributed by atoms with E-state index in [9.17, 15) is 0 Å². The Morgan fingerprint density at radius 3 is 3.05 bits per heavy atom. The van der Waals surface area contributed by atoms with Crippen molar-refractivity contribution >= 4 is 5.95 Å². The van der Waals surface area contributed by atoms with Gasteiger partial charge in [-0.15, -0.1) is 0 Å². The molecule has 6 nitrogen and oxygen atoms in total. The van der Waals surface area contributed by atoms with Crippen LogP contribution in [0.1, 0.15) is 19.0 Å². The zero-order valence-corrected chi connectivity index (χ0v) is 12.6. The molecule has 1 saturated heterocycles. The molecule has 0 bridgehead atoms. The van der Waals surface area contributed by atoms with Gasteiger partial charge in [0.15, 0.2) is 0 Å². The highest BCUT2D eigenvalue weighted by atomic mass is 16.5. The lowest BCUT2D eigenvalue weighted by molar-refractivity contribution is 0.0338. The first-order chi connectivity index (χ1) is 9.69. The van der Waals surface area contributed by atoms with E-state index in [-0.39, 0.29) is 6.10 Å². The number of nitrogens with one attached hydrogen (secondary N) is 1. The molecule has 1 aliphatic rings. The van der Waals surface area contributed by atoms with Crippen LogP contribution in [0.5, 0.6) is 5.88 Å². The van der Waals surface area contributed by atoms with Crippen LogP contribution in [0, 0.1) is 6.92 Å². The van der Waals surface area contributed by atoms with Crippen LogP contribution in [0.25, 0.3) is 0 Å². The van der Waals surface area contributed by atoms with E-state index in [0.29, 0.717) is 18.4 Å². The first kappa shape index (κ1) is 15.0. The van der Waals surface area contributed by atoms with Crippen LogP contribution < -0.4 is 15.0 Å². The van der Waals surface area contributed by atoms with E-state index in [4.69, 9.17) is 9.47 Å². The number of morpholine rings is 1. The number of aryl methyl sites for hydroxylation is 1. The Hall–Kier alpha value is -1.40. The molecule has 1 N–H and O–H groups in total. The first-order valence-electron chi connectivity index (χ1n) is 7.21. The molecule has 0 saturated carbocycles. The summed E-state index contributed by atoms with van der Waals surface area (Å²) in [6.07, 6.45) is 1.15. The lowest BCUT2D eigenvalue weighted by atomic mass is 10.3. The zero-order chi connectivity index (χ0) is 14.4. The van der Waals surface area contributed by atoms with E-state index in [1.54, 1.807) is 0 Å². The summed E-state index contributed by atoms with van der Waals surface area (Å²) in [4.78, 5) is 10.9. The van der Waals surface area contributed by atoms with Gasteiger partial charge in [0.05, 0.1) is 19.3 Å². The second-order valence-electron chi connectivity index (χ2n) is 5.07. The SMILES string of the molecule is CCCOc1cc(C)nc(N(C)CC2CNCCO2)n1. The summed E-state index contributed by atoms with van der Waals surface area (Å²) >= 11 is 0. The van der Waals surface area contributed by atoms with Gasteiger partial charge in [0.25, 0.3) is 0 Å². The second kappa shape index (κ2) is 7.40. The summed E-state index contributed by atoms with van der Waals surface area (Å²) in [5.41, 5.74) is 0.913. The zero-order valence-electron chi connectivity index (χ0n) is 12.6. The fraction of sp³-hybridized carbons (Fsp3) is 0.714. The molecule has 1 fully saturated rings. The molecule has 1 aromatic rings. The van der Waals surface area contributed by atoms with E-state index in [2.05, 4.69) is 22.2 Å². The average molecular weight is 280 g/mol. The third-order valence-electron chi connectivity index (χ3n) is 3.10. The number of hydrogen-bond acceptors (Lipinski definition) is 6. The van der Waals surface area contributed by atoms with Gasteiger partial charge in [-0.05, 0) is 13.3 Å². The standard InChI is InChI=1S/C14H24N4O2/c1-4-6-20-13-8-11(2)16-14(17-13)18(3)10-12-9-15-5-7-19-12/h8,12,15H,4-7,9-10H2,1-3H3. The van der Waals surface area contributed by atoms with Crippen molar-refractivity contribution in [1.29, 1.82) is 0 Å². The molecular formula is C14H24N4O2. The van der Waals surface area contributed by atoms with Crippen LogP contribution in [0.3, 0.4) is 0 Å². The Balaban J connectivity index is 2.00. The molecule has 1 aliphatic heterocycles. The number of aromatic nitrogens is 2. The van der Waals surface area contributed by atoms with Crippen molar-refractivity contribution in [3.63, 3.8) is 0 Å². The molecule has 6 heteroatoms. The van der Waals surface area contributed by atoms with Gasteiger partial charge >= 0.3 is 0 Å². The van der Waals surface area contributed by atoms with Crippen molar-refractivity contribution in [3.8, 4) is 5.88 Å². The van der Waals surface area contributed by atoms with E-state index < -0.39 is 0 Å². The summed E-state index contributed by atoms with van der Waals surface area (Å²) in [7, 11) is 1.98. The van der Waals surface area contributed by atoms with E-state index in [1.807, 2.05) is 24.9 Å². The molecule has 0 amide bonds. The molecule has 2 rings (SSSR count). The van der Waals surface area contributed by atoms with Gasteiger partial charge in [0.2, 0.25) is 11.8 Å². The van der Waals surface area contributed by atoms with Crippen LogP contribution in [-0.2, 0) is 4.74 Å². The molecule has 0 radical (unpaired) electrons. The molecule has 0 aliphatic carbocycles. The Labute approximate surface area is 120 Å². The second-order valence-corrected chi connectivity index (χ2v) is 5.07. The number of anilines is 1. The van der Waals surface area contributed by atoms with E-state index in [0.717, 1.165) is 38.4 Å². The maximum absolute atomic E-state index is 5.70. The average Bonchev–Trinajstić information content (AvgIpc) is 2.45. The minimum Gasteiger partial charge on any atom is -0.478 e. The smallest absolute Gasteiger partial charge is 0.228 e. The Morgan fingerprint density at radius 1 is 1.50 bits per heavy atom. The summed E-state index contributed by atoms with van der Waals surface area (Å²) in [5.74, 6) is 1.33. The molecule has 1 unspecified atom stereocenters. The number of nitrogens with zero attached hydrogens (tertiary/aromatic N) is 3. The molecule has 20 heavy (non-hydrogen) atoms. The van der Waals surface area contributed by atoms with Crippen molar-refractivity contribution in [3.05, 3.63) is 11.8 Å². The Bertz CT molecular complexity index is 422. The fourth-order valence-electron chi connectivity index (χ4n) is 2.10. The molecule has 1 atom stereocenters. The first-order valence-corrected chi connectivity index (χ1v) is 7.21.